The van der Waals surface area contributed by atoms with E-state index in [1.54, 1.807) is 24.3 Å². The van der Waals surface area contributed by atoms with Crippen molar-refractivity contribution >= 4 is 34.0 Å². The molecule has 0 saturated heterocycles. The number of esters is 1. The Bertz CT molecular complexity index is 1080. The van der Waals surface area contributed by atoms with E-state index in [1.165, 1.54) is 43.3 Å². The predicted octanol–water partition coefficient (Wildman–Crippen LogP) is 3.64. The zero-order valence-corrected chi connectivity index (χ0v) is 14.8. The van der Waals surface area contributed by atoms with Crippen LogP contribution in [0, 0.1) is 10.1 Å². The molecule has 1 atom stereocenters. The number of carbonyl (C=O) groups excluding carboxylic acids is 2. The molecular weight excluding hydrogens is 364 g/mol. The lowest BCUT2D eigenvalue weighted by Gasteiger charge is -2.14. The van der Waals surface area contributed by atoms with E-state index >= 15 is 0 Å². The molecule has 2 N–H and O–H groups in total. The zero-order valence-electron chi connectivity index (χ0n) is 14.8. The smallest absolute Gasteiger partial charge is 0.342 e. The van der Waals surface area contributed by atoms with Crippen molar-refractivity contribution in [2.24, 2.45) is 0 Å². The Hall–Kier alpha value is -3.94. The van der Waals surface area contributed by atoms with E-state index in [0.29, 0.717) is 0 Å². The standard InChI is InChI=1S/C20H16N2O6/c1-12(19(24)21-16-8-4-5-9-17(16)22(26)27)28-20(25)15-10-13-6-2-3-7-14(13)11-18(15)23/h2-12,23H,1H3,(H,21,24). The summed E-state index contributed by atoms with van der Waals surface area (Å²) in [5.41, 5.74) is -0.362. The van der Waals surface area contributed by atoms with Crippen LogP contribution in [-0.2, 0) is 9.53 Å². The number of nitrogens with one attached hydrogen (secondary N) is 1. The van der Waals surface area contributed by atoms with E-state index < -0.39 is 22.9 Å². The van der Waals surface area contributed by atoms with Crippen molar-refractivity contribution in [3.05, 3.63) is 76.3 Å². The van der Waals surface area contributed by atoms with E-state index in [-0.39, 0.29) is 22.7 Å². The molecule has 3 aromatic carbocycles. The van der Waals surface area contributed by atoms with Gasteiger partial charge >= 0.3 is 5.97 Å². The van der Waals surface area contributed by atoms with E-state index in [4.69, 9.17) is 4.74 Å². The van der Waals surface area contributed by atoms with Gasteiger partial charge < -0.3 is 15.2 Å². The summed E-state index contributed by atoms with van der Waals surface area (Å²) in [7, 11) is 0. The van der Waals surface area contributed by atoms with Gasteiger partial charge in [-0.3, -0.25) is 14.9 Å². The Morgan fingerprint density at radius 2 is 1.68 bits per heavy atom. The summed E-state index contributed by atoms with van der Waals surface area (Å²) in [5.74, 6) is -1.88. The molecule has 0 aliphatic carbocycles. The summed E-state index contributed by atoms with van der Waals surface area (Å²) in [5, 5.41) is 25.0. The molecule has 8 heteroatoms. The first-order valence-electron chi connectivity index (χ1n) is 8.34. The molecule has 0 aliphatic rings. The van der Waals surface area contributed by atoms with Gasteiger partial charge in [0.05, 0.1) is 4.92 Å². The molecule has 3 rings (SSSR count). The molecular formula is C20H16N2O6. The molecule has 0 fully saturated rings. The number of amides is 1. The van der Waals surface area contributed by atoms with Gasteiger partial charge in [-0.1, -0.05) is 36.4 Å². The number of nitro groups is 1. The van der Waals surface area contributed by atoms with Crippen molar-refractivity contribution in [1.82, 2.24) is 0 Å². The number of ether oxygens (including phenoxy) is 1. The van der Waals surface area contributed by atoms with Crippen molar-refractivity contribution in [2.45, 2.75) is 13.0 Å². The first-order chi connectivity index (χ1) is 13.4. The Morgan fingerprint density at radius 3 is 2.36 bits per heavy atom. The molecule has 28 heavy (non-hydrogen) atoms. The van der Waals surface area contributed by atoms with Gasteiger partial charge in [-0.2, -0.15) is 0 Å². The fourth-order valence-corrected chi connectivity index (χ4v) is 2.64. The number of phenolic OH excluding ortho intramolecular Hbond substituents is 1. The van der Waals surface area contributed by atoms with Gasteiger partial charge in [0, 0.05) is 6.07 Å². The van der Waals surface area contributed by atoms with E-state index in [9.17, 15) is 24.8 Å². The van der Waals surface area contributed by atoms with Crippen LogP contribution in [0.5, 0.6) is 5.75 Å². The lowest BCUT2D eigenvalue weighted by molar-refractivity contribution is -0.383. The Labute approximate surface area is 159 Å². The maximum Gasteiger partial charge on any atom is 0.342 e. The summed E-state index contributed by atoms with van der Waals surface area (Å²) < 4.78 is 5.12. The molecule has 0 spiro atoms. The minimum Gasteiger partial charge on any atom is -0.507 e. The van der Waals surface area contributed by atoms with Gasteiger partial charge in [0.25, 0.3) is 11.6 Å². The molecule has 1 unspecified atom stereocenters. The lowest BCUT2D eigenvalue weighted by Crippen LogP contribution is -2.30. The molecule has 1 amide bonds. The summed E-state index contributed by atoms with van der Waals surface area (Å²) in [4.78, 5) is 35.1. The molecule has 8 nitrogen and oxygen atoms in total. The predicted molar refractivity (Wildman–Crippen MR) is 102 cm³/mol. The summed E-state index contributed by atoms with van der Waals surface area (Å²) in [6, 6.07) is 15.7. The maximum atomic E-state index is 12.4. The van der Waals surface area contributed by atoms with Crippen LogP contribution in [0.3, 0.4) is 0 Å². The van der Waals surface area contributed by atoms with Crippen LogP contribution in [-0.4, -0.2) is 28.0 Å². The van der Waals surface area contributed by atoms with Crippen molar-refractivity contribution in [3.8, 4) is 5.75 Å². The van der Waals surface area contributed by atoms with Gasteiger partial charge in [-0.05, 0) is 35.9 Å². The first-order valence-corrected chi connectivity index (χ1v) is 8.34. The SMILES string of the molecule is CC(OC(=O)c1cc2ccccc2cc1O)C(=O)Nc1ccccc1[N+](=O)[O-]. The van der Waals surface area contributed by atoms with Gasteiger partial charge in [0.1, 0.15) is 17.0 Å². The summed E-state index contributed by atoms with van der Waals surface area (Å²) in [6.07, 6.45) is -1.24. The van der Waals surface area contributed by atoms with Crippen LogP contribution in [0.4, 0.5) is 11.4 Å². The number of nitro benzene ring substituents is 1. The van der Waals surface area contributed by atoms with Crippen LogP contribution in [0.25, 0.3) is 10.8 Å². The normalized spacial score (nSPS) is 11.6. The van der Waals surface area contributed by atoms with Crippen LogP contribution in [0.15, 0.2) is 60.7 Å². The van der Waals surface area contributed by atoms with E-state index in [1.807, 2.05) is 0 Å². The molecule has 0 bridgehead atoms. The molecule has 0 heterocycles. The Balaban J connectivity index is 1.75. The molecule has 3 aromatic rings. The van der Waals surface area contributed by atoms with Crippen LogP contribution in [0.2, 0.25) is 0 Å². The lowest BCUT2D eigenvalue weighted by atomic mass is 10.1. The number of hydrogen-bond donors (Lipinski definition) is 2. The molecule has 0 saturated carbocycles. The fourth-order valence-electron chi connectivity index (χ4n) is 2.64. The largest absolute Gasteiger partial charge is 0.507 e. The highest BCUT2D eigenvalue weighted by molar-refractivity contribution is 6.01. The number of benzene rings is 3. The quantitative estimate of drug-likeness (QED) is 0.396. The second kappa shape index (κ2) is 7.75. The topological polar surface area (TPSA) is 119 Å². The number of anilines is 1. The highest BCUT2D eigenvalue weighted by atomic mass is 16.6. The molecule has 142 valence electrons. The van der Waals surface area contributed by atoms with Crippen LogP contribution in [0.1, 0.15) is 17.3 Å². The number of aromatic hydroxyl groups is 1. The Morgan fingerprint density at radius 1 is 1.07 bits per heavy atom. The minimum absolute atomic E-state index is 0.00560. The van der Waals surface area contributed by atoms with E-state index in [0.717, 1.165) is 10.8 Å². The van der Waals surface area contributed by atoms with Gasteiger partial charge in [0.15, 0.2) is 6.10 Å². The molecule has 0 aliphatic heterocycles. The van der Waals surface area contributed by atoms with Crippen molar-refractivity contribution in [1.29, 1.82) is 0 Å². The van der Waals surface area contributed by atoms with Gasteiger partial charge in [-0.25, -0.2) is 4.79 Å². The minimum atomic E-state index is -1.24. The third kappa shape index (κ3) is 3.90. The third-order valence-electron chi connectivity index (χ3n) is 4.10. The number of carbonyl (C=O) groups is 2. The second-order valence-corrected chi connectivity index (χ2v) is 6.03. The first kappa shape index (κ1) is 18.8. The van der Waals surface area contributed by atoms with Crippen molar-refractivity contribution in [2.75, 3.05) is 5.32 Å². The van der Waals surface area contributed by atoms with Crippen LogP contribution < -0.4 is 5.32 Å². The number of fused-ring (bicyclic) bond motifs is 1. The number of nitrogens with zero attached hydrogens (tertiary/aromatic N) is 1. The summed E-state index contributed by atoms with van der Waals surface area (Å²) in [6.45, 7) is 1.33. The Kier molecular flexibility index (Phi) is 5.21. The van der Waals surface area contributed by atoms with Crippen molar-refractivity contribution in [3.63, 3.8) is 0 Å². The average molecular weight is 380 g/mol. The van der Waals surface area contributed by atoms with Gasteiger partial charge in [-0.15, -0.1) is 0 Å². The number of hydrogen-bond acceptors (Lipinski definition) is 6. The summed E-state index contributed by atoms with van der Waals surface area (Å²) >= 11 is 0. The molecule has 0 aromatic heterocycles. The molecule has 0 radical (unpaired) electrons. The van der Waals surface area contributed by atoms with E-state index in [2.05, 4.69) is 5.32 Å². The second-order valence-electron chi connectivity index (χ2n) is 6.03. The highest BCUT2D eigenvalue weighted by Gasteiger charge is 2.23. The van der Waals surface area contributed by atoms with Gasteiger partial charge in [0.2, 0.25) is 0 Å². The maximum absolute atomic E-state index is 12.4. The highest BCUT2D eigenvalue weighted by Crippen LogP contribution is 2.26. The zero-order chi connectivity index (χ0) is 20.3. The van der Waals surface area contributed by atoms with Crippen LogP contribution >= 0.6 is 0 Å². The number of phenols is 1. The third-order valence-corrected chi connectivity index (χ3v) is 4.10. The fraction of sp³-hybridized carbons (Fsp3) is 0.100. The number of para-hydroxylation sites is 2. The average Bonchev–Trinajstić information content (AvgIpc) is 2.67. The number of rotatable bonds is 5. The monoisotopic (exact) mass is 380 g/mol. The van der Waals surface area contributed by atoms with Crippen molar-refractivity contribution < 1.29 is 24.4 Å².